The van der Waals surface area contributed by atoms with E-state index in [4.69, 9.17) is 13.7 Å². The Morgan fingerprint density at radius 1 is 1.23 bits per heavy atom. The zero-order chi connectivity index (χ0) is 15.5. The number of aromatic nitrogens is 1. The molecule has 3 rings (SSSR count). The number of hydrogen-bond donors (Lipinski definition) is 0. The highest BCUT2D eigenvalue weighted by molar-refractivity contribution is 7.15. The minimum atomic E-state index is -0.500. The number of thiophene rings is 1. The van der Waals surface area contributed by atoms with Crippen molar-refractivity contribution in [2.24, 2.45) is 0 Å². The van der Waals surface area contributed by atoms with Gasteiger partial charge in [-0.2, -0.15) is 0 Å². The first-order chi connectivity index (χ1) is 10.6. The standard InChI is InChI=1S/C15H11NO5S/c1-9(17)13-4-5-14(22-13)15(18)20-8-10-7-12(21-16-10)11-3-2-6-19-11/h2-7H,8H2,1H3. The molecule has 22 heavy (non-hydrogen) atoms. The quantitative estimate of drug-likeness (QED) is 0.528. The number of nitrogens with zero attached hydrogens (tertiary/aromatic N) is 1. The van der Waals surface area contributed by atoms with Crippen LogP contribution < -0.4 is 0 Å². The number of carbonyl (C=O) groups is 2. The lowest BCUT2D eigenvalue weighted by Gasteiger charge is -1.99. The van der Waals surface area contributed by atoms with Gasteiger partial charge in [0.2, 0.25) is 5.76 Å². The van der Waals surface area contributed by atoms with Crippen LogP contribution in [-0.4, -0.2) is 16.9 Å². The summed E-state index contributed by atoms with van der Waals surface area (Å²) in [5.74, 6) is 0.434. The topological polar surface area (TPSA) is 82.5 Å². The fourth-order valence-electron chi connectivity index (χ4n) is 1.76. The van der Waals surface area contributed by atoms with Gasteiger partial charge in [0, 0.05) is 6.07 Å². The molecular weight excluding hydrogens is 306 g/mol. The van der Waals surface area contributed by atoms with Gasteiger partial charge in [-0.05, 0) is 31.2 Å². The third-order valence-corrected chi connectivity index (χ3v) is 3.99. The Kier molecular flexibility index (Phi) is 3.88. The molecule has 0 radical (unpaired) electrons. The van der Waals surface area contributed by atoms with Crippen molar-refractivity contribution in [1.29, 1.82) is 0 Å². The number of ether oxygens (including phenoxy) is 1. The second-order valence-corrected chi connectivity index (χ2v) is 5.54. The molecule has 0 unspecified atom stereocenters. The molecule has 0 saturated heterocycles. The predicted molar refractivity (Wildman–Crippen MR) is 77.6 cm³/mol. The lowest BCUT2D eigenvalue weighted by Crippen LogP contribution is -2.03. The average Bonchev–Trinajstić information content (AvgIpc) is 3.23. The number of furan rings is 1. The molecule has 0 atom stereocenters. The molecule has 0 aliphatic rings. The Morgan fingerprint density at radius 2 is 2.05 bits per heavy atom. The summed E-state index contributed by atoms with van der Waals surface area (Å²) < 4.78 is 15.4. The van der Waals surface area contributed by atoms with Crippen molar-refractivity contribution in [2.75, 3.05) is 0 Å². The molecule has 0 saturated carbocycles. The Hall–Kier alpha value is -2.67. The van der Waals surface area contributed by atoms with Gasteiger partial charge in [0.25, 0.3) is 0 Å². The van der Waals surface area contributed by atoms with Gasteiger partial charge in [-0.15, -0.1) is 11.3 Å². The molecule has 7 heteroatoms. The van der Waals surface area contributed by atoms with Crippen molar-refractivity contribution in [3.63, 3.8) is 0 Å². The molecule has 3 aromatic heterocycles. The summed E-state index contributed by atoms with van der Waals surface area (Å²) in [6.45, 7) is 1.43. The van der Waals surface area contributed by atoms with Crippen molar-refractivity contribution in [3.05, 3.63) is 52.0 Å². The normalized spacial score (nSPS) is 10.6. The van der Waals surface area contributed by atoms with Crippen LogP contribution >= 0.6 is 11.3 Å². The van der Waals surface area contributed by atoms with E-state index < -0.39 is 5.97 Å². The van der Waals surface area contributed by atoms with Gasteiger partial charge in [-0.3, -0.25) is 4.79 Å². The molecule has 0 fully saturated rings. The molecule has 0 aromatic carbocycles. The highest BCUT2D eigenvalue weighted by Crippen LogP contribution is 2.22. The molecule has 0 bridgehead atoms. The van der Waals surface area contributed by atoms with E-state index in [-0.39, 0.29) is 12.4 Å². The molecule has 6 nitrogen and oxygen atoms in total. The molecule has 0 aliphatic carbocycles. The van der Waals surface area contributed by atoms with Crippen molar-refractivity contribution in [2.45, 2.75) is 13.5 Å². The van der Waals surface area contributed by atoms with Crippen molar-refractivity contribution >= 4 is 23.1 Å². The van der Waals surface area contributed by atoms with E-state index in [1.54, 1.807) is 30.3 Å². The molecular formula is C15H11NO5S. The van der Waals surface area contributed by atoms with Crippen LogP contribution in [0.2, 0.25) is 0 Å². The first-order valence-corrected chi connectivity index (χ1v) is 7.22. The predicted octanol–water partition coefficient (Wildman–Crippen LogP) is 3.56. The zero-order valence-electron chi connectivity index (χ0n) is 11.6. The Labute approximate surface area is 129 Å². The highest BCUT2D eigenvalue weighted by atomic mass is 32.1. The lowest BCUT2D eigenvalue weighted by molar-refractivity contribution is 0.0470. The zero-order valence-corrected chi connectivity index (χ0v) is 12.4. The van der Waals surface area contributed by atoms with Crippen LogP contribution in [0, 0.1) is 0 Å². The van der Waals surface area contributed by atoms with E-state index in [0.717, 1.165) is 11.3 Å². The number of Topliss-reactive ketones (excluding diaryl/α,β-unsaturated/α-hetero) is 1. The van der Waals surface area contributed by atoms with Gasteiger partial charge in [0.05, 0.1) is 11.1 Å². The van der Waals surface area contributed by atoms with Crippen molar-refractivity contribution in [1.82, 2.24) is 5.16 Å². The van der Waals surface area contributed by atoms with Gasteiger partial charge >= 0.3 is 5.97 Å². The lowest BCUT2D eigenvalue weighted by atomic mass is 10.3. The van der Waals surface area contributed by atoms with Crippen LogP contribution in [-0.2, 0) is 11.3 Å². The molecule has 0 spiro atoms. The fourth-order valence-corrected chi connectivity index (χ4v) is 2.56. The van der Waals surface area contributed by atoms with E-state index >= 15 is 0 Å². The third-order valence-electron chi connectivity index (χ3n) is 2.83. The first kappa shape index (κ1) is 14.3. The maximum atomic E-state index is 11.9. The van der Waals surface area contributed by atoms with Gasteiger partial charge in [-0.1, -0.05) is 5.16 Å². The third kappa shape index (κ3) is 2.99. The van der Waals surface area contributed by atoms with Crippen molar-refractivity contribution in [3.8, 4) is 11.5 Å². The summed E-state index contributed by atoms with van der Waals surface area (Å²) >= 11 is 1.10. The van der Waals surface area contributed by atoms with Crippen LogP contribution in [0.15, 0.2) is 45.5 Å². The summed E-state index contributed by atoms with van der Waals surface area (Å²) in [7, 11) is 0. The molecule has 3 heterocycles. The molecule has 0 aliphatic heterocycles. The smallest absolute Gasteiger partial charge is 0.348 e. The van der Waals surface area contributed by atoms with E-state index in [1.165, 1.54) is 13.2 Å². The molecule has 0 N–H and O–H groups in total. The van der Waals surface area contributed by atoms with Gasteiger partial charge in [0.15, 0.2) is 11.5 Å². The Bertz CT molecular complexity index is 800. The second-order valence-electron chi connectivity index (χ2n) is 4.46. The minimum absolute atomic E-state index is 0.0175. The van der Waals surface area contributed by atoms with Crippen LogP contribution in [0.1, 0.15) is 32.0 Å². The SMILES string of the molecule is CC(=O)c1ccc(C(=O)OCc2cc(-c3ccco3)on2)s1. The summed E-state index contributed by atoms with van der Waals surface area (Å²) in [5, 5.41) is 3.81. The average molecular weight is 317 g/mol. The number of carbonyl (C=O) groups excluding carboxylic acids is 2. The number of esters is 1. The summed E-state index contributed by atoms with van der Waals surface area (Å²) in [6, 6.07) is 8.29. The van der Waals surface area contributed by atoms with Crippen LogP contribution in [0.4, 0.5) is 0 Å². The highest BCUT2D eigenvalue weighted by Gasteiger charge is 2.15. The number of ketones is 1. The molecule has 3 aromatic rings. The van der Waals surface area contributed by atoms with E-state index in [0.29, 0.717) is 27.0 Å². The summed E-state index contributed by atoms with van der Waals surface area (Å²) in [4.78, 5) is 24.0. The largest absolute Gasteiger partial charge is 0.461 e. The maximum absolute atomic E-state index is 11.9. The minimum Gasteiger partial charge on any atom is -0.461 e. The van der Waals surface area contributed by atoms with Gasteiger partial charge < -0.3 is 13.7 Å². The van der Waals surface area contributed by atoms with E-state index in [9.17, 15) is 9.59 Å². The summed E-state index contributed by atoms with van der Waals surface area (Å²) in [6.07, 6.45) is 1.53. The van der Waals surface area contributed by atoms with E-state index in [1.807, 2.05) is 0 Å². The van der Waals surface area contributed by atoms with Crippen LogP contribution in [0.5, 0.6) is 0 Å². The van der Waals surface area contributed by atoms with E-state index in [2.05, 4.69) is 5.16 Å². The van der Waals surface area contributed by atoms with Crippen LogP contribution in [0.3, 0.4) is 0 Å². The monoisotopic (exact) mass is 317 g/mol. The maximum Gasteiger partial charge on any atom is 0.348 e. The van der Waals surface area contributed by atoms with Gasteiger partial charge in [-0.25, -0.2) is 4.79 Å². The van der Waals surface area contributed by atoms with Crippen LogP contribution in [0.25, 0.3) is 11.5 Å². The van der Waals surface area contributed by atoms with Gasteiger partial charge in [0.1, 0.15) is 17.2 Å². The number of hydrogen-bond acceptors (Lipinski definition) is 7. The van der Waals surface area contributed by atoms with Crippen molar-refractivity contribution < 1.29 is 23.3 Å². The summed E-state index contributed by atoms with van der Waals surface area (Å²) in [5.41, 5.74) is 0.475. The number of rotatable bonds is 5. The fraction of sp³-hybridized carbons (Fsp3) is 0.133. The molecule has 0 amide bonds. The second kappa shape index (κ2) is 5.98. The molecule has 112 valence electrons. The Balaban J connectivity index is 1.62. The Morgan fingerprint density at radius 3 is 2.73 bits per heavy atom. The first-order valence-electron chi connectivity index (χ1n) is 6.41.